The van der Waals surface area contributed by atoms with Gasteiger partial charge < -0.3 is 4.74 Å². The van der Waals surface area contributed by atoms with Crippen LogP contribution in [0.25, 0.3) is 0 Å². The molecule has 22 heavy (non-hydrogen) atoms. The molecule has 116 valence electrons. The van der Waals surface area contributed by atoms with Crippen molar-refractivity contribution in [3.05, 3.63) is 59.7 Å². The van der Waals surface area contributed by atoms with E-state index in [-0.39, 0.29) is 11.5 Å². The van der Waals surface area contributed by atoms with Crippen LogP contribution in [0.4, 0.5) is 5.69 Å². The number of nitrogens with one attached hydrogen (secondary N) is 2. The molecule has 2 rings (SSSR count). The normalized spacial score (nSPS) is 11.0. The fourth-order valence-corrected chi connectivity index (χ4v) is 2.43. The molecule has 2 aromatic carbocycles. The highest BCUT2D eigenvalue weighted by atomic mass is 32.2. The summed E-state index contributed by atoms with van der Waals surface area (Å²) in [6.45, 7) is 0. The summed E-state index contributed by atoms with van der Waals surface area (Å²) in [4.78, 5) is 12.4. The quantitative estimate of drug-likeness (QED) is 0.795. The van der Waals surface area contributed by atoms with E-state index in [2.05, 4.69) is 9.44 Å². The molecular weight excluding hydrogens is 304 g/mol. The summed E-state index contributed by atoms with van der Waals surface area (Å²) in [6, 6.07) is 13.3. The third kappa shape index (κ3) is 3.63. The lowest BCUT2D eigenvalue weighted by molar-refractivity contribution is 0.103. The lowest BCUT2D eigenvalue weighted by atomic mass is 10.0. The van der Waals surface area contributed by atoms with Crippen molar-refractivity contribution in [3.8, 4) is 5.75 Å². The predicted molar refractivity (Wildman–Crippen MR) is 84.5 cm³/mol. The van der Waals surface area contributed by atoms with Crippen molar-refractivity contribution in [2.24, 2.45) is 0 Å². The Morgan fingerprint density at radius 1 is 1.05 bits per heavy atom. The maximum absolute atomic E-state index is 12.4. The fourth-order valence-electron chi connectivity index (χ4n) is 1.88. The van der Waals surface area contributed by atoms with E-state index in [9.17, 15) is 13.2 Å². The fraction of sp³-hybridized carbons (Fsp3) is 0.133. The molecular formula is C15H16N2O4S. The largest absolute Gasteiger partial charge is 0.495 e. The van der Waals surface area contributed by atoms with E-state index in [1.165, 1.54) is 20.2 Å². The molecule has 6 nitrogen and oxygen atoms in total. The van der Waals surface area contributed by atoms with Gasteiger partial charge in [-0.1, -0.05) is 30.3 Å². The molecule has 0 unspecified atom stereocenters. The topological polar surface area (TPSA) is 84.5 Å². The zero-order valence-corrected chi connectivity index (χ0v) is 13.0. The van der Waals surface area contributed by atoms with Crippen molar-refractivity contribution < 1.29 is 17.9 Å². The number of ether oxygens (including phenoxy) is 1. The smallest absolute Gasteiger partial charge is 0.298 e. The van der Waals surface area contributed by atoms with Crippen molar-refractivity contribution in [2.75, 3.05) is 18.9 Å². The lowest BCUT2D eigenvalue weighted by Crippen LogP contribution is -2.26. The number of benzene rings is 2. The number of hydrogen-bond donors (Lipinski definition) is 2. The van der Waals surface area contributed by atoms with E-state index in [0.717, 1.165) is 0 Å². The number of hydrogen-bond acceptors (Lipinski definition) is 4. The van der Waals surface area contributed by atoms with Gasteiger partial charge in [0.2, 0.25) is 0 Å². The number of carbonyl (C=O) groups is 1. The first kappa shape index (κ1) is 16.0. The van der Waals surface area contributed by atoms with Crippen LogP contribution in [-0.4, -0.2) is 28.4 Å². The average molecular weight is 320 g/mol. The zero-order valence-electron chi connectivity index (χ0n) is 12.2. The number of methoxy groups -OCH3 is 1. The van der Waals surface area contributed by atoms with Crippen LogP contribution in [0.2, 0.25) is 0 Å². The highest BCUT2D eigenvalue weighted by molar-refractivity contribution is 7.90. The second kappa shape index (κ2) is 6.59. The van der Waals surface area contributed by atoms with Gasteiger partial charge in [-0.2, -0.15) is 8.42 Å². The molecule has 0 spiro atoms. The van der Waals surface area contributed by atoms with Crippen molar-refractivity contribution in [3.63, 3.8) is 0 Å². The second-order valence-corrected chi connectivity index (χ2v) is 6.04. The van der Waals surface area contributed by atoms with Gasteiger partial charge in [0.1, 0.15) is 5.75 Å². The summed E-state index contributed by atoms with van der Waals surface area (Å²) in [5, 5.41) is 0. The van der Waals surface area contributed by atoms with Gasteiger partial charge in [0, 0.05) is 18.2 Å². The maximum Gasteiger partial charge on any atom is 0.298 e. The Kier molecular flexibility index (Phi) is 4.79. The number of ketones is 1. The summed E-state index contributed by atoms with van der Waals surface area (Å²) in [5.74, 6) is 0.122. The van der Waals surface area contributed by atoms with Gasteiger partial charge in [-0.25, -0.2) is 4.72 Å². The number of rotatable bonds is 6. The SMILES string of the molecule is CNS(=O)(=O)Nc1cc(C(=O)c2ccccc2)ccc1OC. The Hall–Kier alpha value is -2.38. The van der Waals surface area contributed by atoms with Crippen LogP contribution in [0.1, 0.15) is 15.9 Å². The van der Waals surface area contributed by atoms with Crippen LogP contribution in [0.15, 0.2) is 48.5 Å². The van der Waals surface area contributed by atoms with Gasteiger partial charge in [-0.3, -0.25) is 9.52 Å². The summed E-state index contributed by atoms with van der Waals surface area (Å²) in [6.07, 6.45) is 0. The number of anilines is 1. The van der Waals surface area contributed by atoms with Gasteiger partial charge >= 0.3 is 0 Å². The molecule has 0 fully saturated rings. The minimum absolute atomic E-state index is 0.193. The molecule has 0 radical (unpaired) electrons. The Labute approximate surface area is 129 Å². The molecule has 0 aliphatic carbocycles. The van der Waals surface area contributed by atoms with E-state index < -0.39 is 10.2 Å². The molecule has 2 aromatic rings. The summed E-state index contributed by atoms with van der Waals surface area (Å²) < 4.78 is 32.8. The van der Waals surface area contributed by atoms with Gasteiger partial charge in [0.05, 0.1) is 12.8 Å². The first-order valence-electron chi connectivity index (χ1n) is 6.46. The first-order chi connectivity index (χ1) is 10.5. The Balaban J connectivity index is 2.41. The molecule has 0 amide bonds. The molecule has 0 atom stereocenters. The van der Waals surface area contributed by atoms with Crippen LogP contribution < -0.4 is 14.2 Å². The van der Waals surface area contributed by atoms with Crippen LogP contribution >= 0.6 is 0 Å². The van der Waals surface area contributed by atoms with E-state index in [1.807, 2.05) is 6.07 Å². The molecule has 7 heteroatoms. The third-order valence-corrected chi connectivity index (χ3v) is 4.04. The van der Waals surface area contributed by atoms with Crippen molar-refractivity contribution >= 4 is 21.7 Å². The molecule has 0 aromatic heterocycles. The van der Waals surface area contributed by atoms with E-state index in [1.54, 1.807) is 36.4 Å². The molecule has 0 saturated carbocycles. The number of carbonyl (C=O) groups excluding carboxylic acids is 1. The molecule has 0 bridgehead atoms. The summed E-state index contributed by atoms with van der Waals surface area (Å²) in [5.41, 5.74) is 1.08. The Morgan fingerprint density at radius 3 is 2.32 bits per heavy atom. The Morgan fingerprint density at radius 2 is 1.73 bits per heavy atom. The van der Waals surface area contributed by atoms with Crippen molar-refractivity contribution in [1.29, 1.82) is 0 Å². The molecule has 0 aliphatic heterocycles. The van der Waals surface area contributed by atoms with Gasteiger partial charge in [0.15, 0.2) is 5.78 Å². The monoisotopic (exact) mass is 320 g/mol. The zero-order chi connectivity index (χ0) is 16.2. The first-order valence-corrected chi connectivity index (χ1v) is 7.94. The molecule has 0 saturated heterocycles. The van der Waals surface area contributed by atoms with E-state index in [0.29, 0.717) is 16.9 Å². The minimum atomic E-state index is -3.70. The van der Waals surface area contributed by atoms with Crippen LogP contribution in [0.3, 0.4) is 0 Å². The van der Waals surface area contributed by atoms with Crippen LogP contribution in [0, 0.1) is 0 Å². The van der Waals surface area contributed by atoms with Crippen molar-refractivity contribution in [1.82, 2.24) is 4.72 Å². The van der Waals surface area contributed by atoms with Gasteiger partial charge in [0.25, 0.3) is 10.2 Å². The highest BCUT2D eigenvalue weighted by Crippen LogP contribution is 2.27. The molecule has 0 heterocycles. The second-order valence-electron chi connectivity index (χ2n) is 4.42. The van der Waals surface area contributed by atoms with E-state index in [4.69, 9.17) is 4.74 Å². The summed E-state index contributed by atoms with van der Waals surface area (Å²) >= 11 is 0. The lowest BCUT2D eigenvalue weighted by Gasteiger charge is -2.12. The summed E-state index contributed by atoms with van der Waals surface area (Å²) in [7, 11) is -0.996. The van der Waals surface area contributed by atoms with Gasteiger partial charge in [-0.05, 0) is 18.2 Å². The maximum atomic E-state index is 12.4. The minimum Gasteiger partial charge on any atom is -0.495 e. The van der Waals surface area contributed by atoms with E-state index >= 15 is 0 Å². The Bertz CT molecular complexity index is 773. The van der Waals surface area contributed by atoms with Gasteiger partial charge in [-0.15, -0.1) is 0 Å². The third-order valence-electron chi connectivity index (χ3n) is 3.01. The average Bonchev–Trinajstić information content (AvgIpc) is 2.54. The standard InChI is InChI=1S/C15H16N2O4S/c1-16-22(19,20)17-13-10-12(8-9-14(13)21-2)15(18)11-6-4-3-5-7-11/h3-10,16-17H,1-2H3. The highest BCUT2D eigenvalue weighted by Gasteiger charge is 2.15. The molecule has 0 aliphatic rings. The predicted octanol–water partition coefficient (Wildman–Crippen LogP) is 1.80. The molecule has 2 N–H and O–H groups in total. The van der Waals surface area contributed by atoms with Crippen LogP contribution in [0.5, 0.6) is 5.75 Å². The van der Waals surface area contributed by atoms with Crippen LogP contribution in [-0.2, 0) is 10.2 Å². The van der Waals surface area contributed by atoms with Crippen molar-refractivity contribution in [2.45, 2.75) is 0 Å².